The van der Waals surface area contributed by atoms with Gasteiger partial charge in [-0.2, -0.15) is 0 Å². The van der Waals surface area contributed by atoms with Crippen LogP contribution in [0.5, 0.6) is 0 Å². The largest absolute Gasteiger partial charge is 0.377 e. The van der Waals surface area contributed by atoms with Crippen LogP contribution in [-0.2, 0) is 16.1 Å². The first-order chi connectivity index (χ1) is 12.7. The average Bonchev–Trinajstić information content (AvgIpc) is 3.04. The zero-order valence-electron chi connectivity index (χ0n) is 16.0. The molecule has 0 saturated carbocycles. The van der Waals surface area contributed by atoms with Crippen molar-refractivity contribution in [1.29, 1.82) is 0 Å². The number of carbonyl (C=O) groups is 1. The molecule has 3 aliphatic heterocycles. The first-order valence-electron chi connectivity index (χ1n) is 10.4. The predicted molar refractivity (Wildman–Crippen MR) is 103 cm³/mol. The molecule has 3 saturated heterocycles. The Kier molecular flexibility index (Phi) is 5.60. The van der Waals surface area contributed by atoms with E-state index in [1.165, 1.54) is 17.5 Å². The summed E-state index contributed by atoms with van der Waals surface area (Å²) in [5.41, 5.74) is 2.73. The van der Waals surface area contributed by atoms with E-state index in [2.05, 4.69) is 41.0 Å². The first-order valence-corrected chi connectivity index (χ1v) is 10.4. The minimum absolute atomic E-state index is 0.149. The number of benzene rings is 1. The summed E-state index contributed by atoms with van der Waals surface area (Å²) in [4.78, 5) is 17.2. The lowest BCUT2D eigenvalue weighted by atomic mass is 9.83. The van der Waals surface area contributed by atoms with E-state index in [0.717, 1.165) is 58.6 Å². The number of amides is 1. The topological polar surface area (TPSA) is 32.8 Å². The number of likely N-dealkylation sites (tertiary alicyclic amines) is 2. The monoisotopic (exact) mass is 356 g/mol. The lowest BCUT2D eigenvalue weighted by Crippen LogP contribution is -2.43. The van der Waals surface area contributed by atoms with Gasteiger partial charge in [0.05, 0.1) is 19.1 Å². The molecule has 0 bridgehead atoms. The van der Waals surface area contributed by atoms with Crippen molar-refractivity contribution in [2.75, 3.05) is 32.8 Å². The lowest BCUT2D eigenvalue weighted by molar-refractivity contribution is -0.134. The van der Waals surface area contributed by atoms with Gasteiger partial charge >= 0.3 is 0 Å². The highest BCUT2D eigenvalue weighted by Crippen LogP contribution is 2.36. The third-order valence-corrected chi connectivity index (χ3v) is 6.45. The van der Waals surface area contributed by atoms with Gasteiger partial charge in [0, 0.05) is 32.1 Å². The van der Waals surface area contributed by atoms with Crippen LogP contribution in [0.4, 0.5) is 0 Å². The van der Waals surface area contributed by atoms with E-state index in [4.69, 9.17) is 4.74 Å². The summed E-state index contributed by atoms with van der Waals surface area (Å²) in [6.45, 7) is 8.13. The number of aryl methyl sites for hydroxylation is 1. The fourth-order valence-corrected chi connectivity index (χ4v) is 5.03. The predicted octanol–water partition coefficient (Wildman–Crippen LogP) is 3.23. The molecule has 0 spiro atoms. The van der Waals surface area contributed by atoms with E-state index in [9.17, 15) is 4.79 Å². The van der Waals surface area contributed by atoms with Crippen molar-refractivity contribution in [3.8, 4) is 0 Å². The molecule has 3 aliphatic rings. The summed E-state index contributed by atoms with van der Waals surface area (Å²) in [5, 5.41) is 0. The first kappa shape index (κ1) is 18.0. The van der Waals surface area contributed by atoms with Crippen LogP contribution in [-0.4, -0.2) is 54.6 Å². The van der Waals surface area contributed by atoms with Crippen LogP contribution < -0.4 is 0 Å². The molecule has 4 rings (SSSR count). The summed E-state index contributed by atoms with van der Waals surface area (Å²) >= 11 is 0. The fraction of sp³-hybridized carbons (Fsp3) is 0.682. The SMILES string of the molecule is Cc1cccc(CN2CC[C@@H]3[C@@H](CO[C@H]3CC(=O)N3CCCCC3)C2)c1. The molecule has 4 heteroatoms. The van der Waals surface area contributed by atoms with E-state index >= 15 is 0 Å². The van der Waals surface area contributed by atoms with Crippen LogP contribution in [0.1, 0.15) is 43.2 Å². The van der Waals surface area contributed by atoms with Crippen molar-refractivity contribution in [2.45, 2.75) is 51.7 Å². The second kappa shape index (κ2) is 8.10. The third kappa shape index (κ3) is 4.12. The van der Waals surface area contributed by atoms with Crippen LogP contribution in [0, 0.1) is 18.8 Å². The Morgan fingerprint density at radius 1 is 1.19 bits per heavy atom. The molecule has 1 amide bonds. The summed E-state index contributed by atoms with van der Waals surface area (Å²) < 4.78 is 6.10. The summed E-state index contributed by atoms with van der Waals surface area (Å²) in [6.07, 6.45) is 5.50. The number of ether oxygens (including phenoxy) is 1. The molecular weight excluding hydrogens is 324 g/mol. The molecule has 3 fully saturated rings. The second-order valence-electron chi connectivity index (χ2n) is 8.45. The van der Waals surface area contributed by atoms with Gasteiger partial charge in [0.2, 0.25) is 5.91 Å². The number of carbonyl (C=O) groups excluding carboxylic acids is 1. The quantitative estimate of drug-likeness (QED) is 0.830. The number of hydrogen-bond donors (Lipinski definition) is 0. The maximum Gasteiger partial charge on any atom is 0.225 e. The smallest absolute Gasteiger partial charge is 0.225 e. The Morgan fingerprint density at radius 2 is 2.04 bits per heavy atom. The minimum atomic E-state index is 0.149. The fourth-order valence-electron chi connectivity index (χ4n) is 5.03. The van der Waals surface area contributed by atoms with E-state index in [1.54, 1.807) is 0 Å². The van der Waals surface area contributed by atoms with Gasteiger partial charge < -0.3 is 9.64 Å². The number of rotatable bonds is 4. The Labute approximate surface area is 157 Å². The average molecular weight is 357 g/mol. The molecule has 3 heterocycles. The highest BCUT2D eigenvalue weighted by atomic mass is 16.5. The normalized spacial score (nSPS) is 29.6. The van der Waals surface area contributed by atoms with Crippen LogP contribution in [0.2, 0.25) is 0 Å². The number of nitrogens with zero attached hydrogens (tertiary/aromatic N) is 2. The van der Waals surface area contributed by atoms with Crippen molar-refractivity contribution in [3.05, 3.63) is 35.4 Å². The molecule has 4 nitrogen and oxygen atoms in total. The van der Waals surface area contributed by atoms with Gasteiger partial charge in [-0.05, 0) is 50.6 Å². The zero-order valence-corrected chi connectivity index (χ0v) is 16.0. The Balaban J connectivity index is 1.29. The molecular formula is C22H32N2O2. The van der Waals surface area contributed by atoms with Crippen molar-refractivity contribution in [1.82, 2.24) is 9.80 Å². The molecule has 0 unspecified atom stereocenters. The highest BCUT2D eigenvalue weighted by Gasteiger charge is 2.41. The standard InChI is InChI=1S/C22H32N2O2/c1-17-6-5-7-18(12-17)14-23-11-8-20-19(15-23)16-26-21(20)13-22(25)24-9-3-2-4-10-24/h5-7,12,19-21H,2-4,8-11,13-16H2,1H3/t19-,20-,21+/m1/s1. The van der Waals surface area contributed by atoms with Gasteiger partial charge in [0.25, 0.3) is 0 Å². The van der Waals surface area contributed by atoms with Gasteiger partial charge in [0.1, 0.15) is 0 Å². The van der Waals surface area contributed by atoms with Crippen molar-refractivity contribution >= 4 is 5.91 Å². The van der Waals surface area contributed by atoms with Crippen molar-refractivity contribution in [3.63, 3.8) is 0 Å². The van der Waals surface area contributed by atoms with Gasteiger partial charge in [-0.15, -0.1) is 0 Å². The molecule has 0 aromatic heterocycles. The molecule has 26 heavy (non-hydrogen) atoms. The molecule has 1 aromatic carbocycles. The lowest BCUT2D eigenvalue weighted by Gasteiger charge is -2.36. The van der Waals surface area contributed by atoms with Crippen LogP contribution in [0.15, 0.2) is 24.3 Å². The van der Waals surface area contributed by atoms with E-state index in [0.29, 0.717) is 24.2 Å². The third-order valence-electron chi connectivity index (χ3n) is 6.45. The zero-order chi connectivity index (χ0) is 17.9. The van der Waals surface area contributed by atoms with Crippen molar-refractivity contribution < 1.29 is 9.53 Å². The number of hydrogen-bond acceptors (Lipinski definition) is 3. The maximum absolute atomic E-state index is 12.6. The van der Waals surface area contributed by atoms with Gasteiger partial charge in [0.15, 0.2) is 0 Å². The van der Waals surface area contributed by atoms with E-state index in [-0.39, 0.29) is 6.10 Å². The summed E-state index contributed by atoms with van der Waals surface area (Å²) in [6, 6.07) is 8.82. The molecule has 1 aromatic rings. The maximum atomic E-state index is 12.6. The molecule has 142 valence electrons. The number of piperidine rings is 2. The van der Waals surface area contributed by atoms with Gasteiger partial charge in [-0.1, -0.05) is 29.8 Å². The Hall–Kier alpha value is -1.39. The molecule has 3 atom stereocenters. The van der Waals surface area contributed by atoms with Crippen LogP contribution >= 0.6 is 0 Å². The summed E-state index contributed by atoms with van der Waals surface area (Å²) in [5.74, 6) is 1.47. The Bertz CT molecular complexity index is 626. The summed E-state index contributed by atoms with van der Waals surface area (Å²) in [7, 11) is 0. The van der Waals surface area contributed by atoms with E-state index < -0.39 is 0 Å². The van der Waals surface area contributed by atoms with E-state index in [1.807, 2.05) is 0 Å². The molecule has 0 radical (unpaired) electrons. The molecule has 0 aliphatic carbocycles. The van der Waals surface area contributed by atoms with Gasteiger partial charge in [-0.25, -0.2) is 0 Å². The molecule has 0 N–H and O–H groups in total. The van der Waals surface area contributed by atoms with Crippen LogP contribution in [0.3, 0.4) is 0 Å². The van der Waals surface area contributed by atoms with Crippen molar-refractivity contribution in [2.24, 2.45) is 11.8 Å². The number of fused-ring (bicyclic) bond motifs is 1. The second-order valence-corrected chi connectivity index (χ2v) is 8.45. The highest BCUT2D eigenvalue weighted by molar-refractivity contribution is 5.76. The van der Waals surface area contributed by atoms with Gasteiger partial charge in [-0.3, -0.25) is 9.69 Å². The minimum Gasteiger partial charge on any atom is -0.377 e. The Morgan fingerprint density at radius 3 is 2.85 bits per heavy atom. The van der Waals surface area contributed by atoms with Crippen LogP contribution in [0.25, 0.3) is 0 Å².